The van der Waals surface area contributed by atoms with Gasteiger partial charge in [0.25, 0.3) is 0 Å². The number of cyclic esters (lactones) is 1. The number of amides is 2. The van der Waals surface area contributed by atoms with E-state index in [9.17, 15) is 9.59 Å². The third-order valence-electron chi connectivity index (χ3n) is 5.40. The molecule has 1 aliphatic heterocycles. The number of ether oxygens (including phenoxy) is 1. The molecule has 4 fully saturated rings. The van der Waals surface area contributed by atoms with Crippen molar-refractivity contribution in [1.82, 2.24) is 10.2 Å². The molecule has 0 radical (unpaired) electrons. The molecule has 0 aromatic heterocycles. The molecular weight excluding hydrogens is 256 g/mol. The Morgan fingerprint density at radius 2 is 2.25 bits per heavy atom. The minimum atomic E-state index is -0.397. The van der Waals surface area contributed by atoms with Crippen molar-refractivity contribution < 1.29 is 14.3 Å². The van der Waals surface area contributed by atoms with Crippen LogP contribution in [0.2, 0.25) is 0 Å². The van der Waals surface area contributed by atoms with Crippen LogP contribution in [0, 0.1) is 17.3 Å². The lowest BCUT2D eigenvalue weighted by Crippen LogP contribution is -2.58. The van der Waals surface area contributed by atoms with E-state index >= 15 is 0 Å². The maximum Gasteiger partial charge on any atom is 0.410 e. The summed E-state index contributed by atoms with van der Waals surface area (Å²) in [5.41, 5.74) is 1.48. The van der Waals surface area contributed by atoms with Crippen molar-refractivity contribution in [2.75, 3.05) is 19.7 Å². The number of nitrogens with one attached hydrogen (secondary N) is 1. The number of rotatable bonds is 3. The van der Waals surface area contributed by atoms with Crippen LogP contribution >= 0.6 is 0 Å². The summed E-state index contributed by atoms with van der Waals surface area (Å²) in [5.74, 6) is 1.07. The number of nitrogens with zero attached hydrogens (tertiary/aromatic N) is 1. The summed E-state index contributed by atoms with van der Waals surface area (Å²) >= 11 is 0. The van der Waals surface area contributed by atoms with Gasteiger partial charge in [-0.1, -0.05) is 26.0 Å². The van der Waals surface area contributed by atoms with Crippen LogP contribution in [-0.2, 0) is 9.53 Å². The Morgan fingerprint density at radius 1 is 1.50 bits per heavy atom. The van der Waals surface area contributed by atoms with Gasteiger partial charge < -0.3 is 10.1 Å². The van der Waals surface area contributed by atoms with Crippen molar-refractivity contribution in [1.29, 1.82) is 0 Å². The summed E-state index contributed by atoms with van der Waals surface area (Å²) in [5, 5.41) is 3.03. The van der Waals surface area contributed by atoms with E-state index in [1.165, 1.54) is 11.3 Å². The molecule has 3 saturated carbocycles. The highest BCUT2D eigenvalue weighted by atomic mass is 16.6. The van der Waals surface area contributed by atoms with Gasteiger partial charge in [0.2, 0.25) is 5.91 Å². The van der Waals surface area contributed by atoms with E-state index in [0.29, 0.717) is 30.4 Å². The second-order valence-corrected chi connectivity index (χ2v) is 6.77. The summed E-state index contributed by atoms with van der Waals surface area (Å²) in [6, 6.07) is 0.0675. The van der Waals surface area contributed by atoms with Gasteiger partial charge in [-0.25, -0.2) is 4.79 Å². The first kappa shape index (κ1) is 13.5. The molecule has 5 heteroatoms. The number of hydrogen-bond acceptors (Lipinski definition) is 3. The minimum absolute atomic E-state index is 0.0675. The van der Waals surface area contributed by atoms with Crippen LogP contribution in [-0.4, -0.2) is 42.6 Å². The number of fused-ring (bicyclic) bond motifs is 2. The lowest BCUT2D eigenvalue weighted by atomic mass is 9.46. The fourth-order valence-corrected chi connectivity index (χ4v) is 3.86. The van der Waals surface area contributed by atoms with Gasteiger partial charge in [-0.15, -0.1) is 0 Å². The average molecular weight is 278 g/mol. The molecule has 4 rings (SSSR count). The highest BCUT2D eigenvalue weighted by molar-refractivity contribution is 5.83. The Morgan fingerprint density at radius 3 is 2.80 bits per heavy atom. The first-order chi connectivity index (χ1) is 9.39. The van der Waals surface area contributed by atoms with Gasteiger partial charge in [0.15, 0.2) is 0 Å². The molecule has 110 valence electrons. The zero-order valence-corrected chi connectivity index (χ0v) is 12.1. The average Bonchev–Trinajstić information content (AvgIpc) is 2.76. The van der Waals surface area contributed by atoms with Gasteiger partial charge in [-0.2, -0.15) is 0 Å². The topological polar surface area (TPSA) is 58.6 Å². The molecule has 0 spiro atoms. The van der Waals surface area contributed by atoms with Crippen LogP contribution in [0.3, 0.4) is 0 Å². The SMILES string of the molecule is C=C1C(NC(=O)CN2CCOC2=O)C[C@H]2C[C@@H]1C2(C)C. The molecule has 20 heavy (non-hydrogen) atoms. The van der Waals surface area contributed by atoms with E-state index in [1.807, 2.05) is 0 Å². The molecule has 4 aliphatic rings. The van der Waals surface area contributed by atoms with Crippen molar-refractivity contribution >= 4 is 12.0 Å². The Hall–Kier alpha value is -1.52. The lowest BCUT2D eigenvalue weighted by Gasteiger charge is -2.60. The van der Waals surface area contributed by atoms with E-state index in [4.69, 9.17) is 4.74 Å². The van der Waals surface area contributed by atoms with Crippen LogP contribution in [0.1, 0.15) is 26.7 Å². The summed E-state index contributed by atoms with van der Waals surface area (Å²) in [7, 11) is 0. The fourth-order valence-electron chi connectivity index (χ4n) is 3.86. The van der Waals surface area contributed by atoms with Crippen molar-refractivity contribution in [3.63, 3.8) is 0 Å². The van der Waals surface area contributed by atoms with E-state index in [-0.39, 0.29) is 18.5 Å². The molecule has 0 aromatic rings. The zero-order valence-electron chi connectivity index (χ0n) is 12.1. The summed E-state index contributed by atoms with van der Waals surface area (Å²) in [6.07, 6.45) is 1.78. The molecule has 0 aromatic carbocycles. The Kier molecular flexibility index (Phi) is 3.03. The lowest BCUT2D eigenvalue weighted by molar-refractivity contribution is -0.123. The van der Waals surface area contributed by atoms with E-state index in [0.717, 1.165) is 12.0 Å². The third-order valence-corrected chi connectivity index (χ3v) is 5.40. The minimum Gasteiger partial charge on any atom is -0.448 e. The van der Waals surface area contributed by atoms with Gasteiger partial charge in [0, 0.05) is 0 Å². The maximum absolute atomic E-state index is 12.0. The van der Waals surface area contributed by atoms with Crippen molar-refractivity contribution in [3.05, 3.63) is 12.2 Å². The molecule has 2 bridgehead atoms. The van der Waals surface area contributed by atoms with E-state index in [2.05, 4.69) is 25.7 Å². The number of hydrogen-bond donors (Lipinski definition) is 1. The molecular formula is C15H22N2O3. The monoisotopic (exact) mass is 278 g/mol. The standard InChI is InChI=1S/C15H22N2O3/c1-9-11-6-10(15(11,2)3)7-12(9)16-13(18)8-17-4-5-20-14(17)19/h10-12H,1,4-8H2,2-3H3,(H,16,18)/t10-,11+,12?/m1/s1. The summed E-state index contributed by atoms with van der Waals surface area (Å²) < 4.78 is 4.82. The number of carbonyl (C=O) groups excluding carboxylic acids is 2. The number of carbonyl (C=O) groups is 2. The van der Waals surface area contributed by atoms with Crippen molar-refractivity contribution in [2.45, 2.75) is 32.7 Å². The summed E-state index contributed by atoms with van der Waals surface area (Å²) in [6.45, 7) is 9.72. The van der Waals surface area contributed by atoms with Gasteiger partial charge in [0.05, 0.1) is 12.6 Å². The smallest absolute Gasteiger partial charge is 0.410 e. The second-order valence-electron chi connectivity index (χ2n) is 6.77. The Bertz CT molecular complexity index is 472. The van der Waals surface area contributed by atoms with E-state index in [1.54, 1.807) is 0 Å². The Balaban J connectivity index is 1.55. The van der Waals surface area contributed by atoms with Crippen molar-refractivity contribution in [3.8, 4) is 0 Å². The van der Waals surface area contributed by atoms with Crippen LogP contribution in [0.15, 0.2) is 12.2 Å². The highest BCUT2D eigenvalue weighted by Gasteiger charge is 2.54. The highest BCUT2D eigenvalue weighted by Crippen LogP contribution is 2.60. The predicted octanol–water partition coefficient (Wildman–Crippen LogP) is 1.55. The van der Waals surface area contributed by atoms with Crippen molar-refractivity contribution in [2.24, 2.45) is 17.3 Å². The van der Waals surface area contributed by atoms with E-state index < -0.39 is 6.09 Å². The quantitative estimate of drug-likeness (QED) is 0.797. The van der Waals surface area contributed by atoms with Gasteiger partial charge in [-0.3, -0.25) is 9.69 Å². The molecule has 1 heterocycles. The summed E-state index contributed by atoms with van der Waals surface area (Å²) in [4.78, 5) is 24.8. The van der Waals surface area contributed by atoms with Crippen LogP contribution in [0.25, 0.3) is 0 Å². The first-order valence-electron chi connectivity index (χ1n) is 7.29. The molecule has 3 atom stereocenters. The second kappa shape index (κ2) is 4.50. The van der Waals surface area contributed by atoms with Gasteiger partial charge in [0.1, 0.15) is 13.2 Å². The van der Waals surface area contributed by atoms with Gasteiger partial charge in [-0.05, 0) is 30.1 Å². The maximum atomic E-state index is 12.0. The third kappa shape index (κ3) is 2.00. The zero-order chi connectivity index (χ0) is 14.5. The normalized spacial score (nSPS) is 34.5. The Labute approximate surface area is 119 Å². The largest absolute Gasteiger partial charge is 0.448 e. The molecule has 5 nitrogen and oxygen atoms in total. The van der Waals surface area contributed by atoms with Crippen LogP contribution in [0.4, 0.5) is 4.79 Å². The predicted molar refractivity (Wildman–Crippen MR) is 74.0 cm³/mol. The fraction of sp³-hybridized carbons (Fsp3) is 0.733. The first-order valence-corrected chi connectivity index (χ1v) is 7.29. The molecule has 2 amide bonds. The van der Waals surface area contributed by atoms with Crippen LogP contribution in [0.5, 0.6) is 0 Å². The van der Waals surface area contributed by atoms with Crippen LogP contribution < -0.4 is 5.32 Å². The van der Waals surface area contributed by atoms with Gasteiger partial charge >= 0.3 is 6.09 Å². The molecule has 1 unspecified atom stereocenters. The molecule has 1 saturated heterocycles. The molecule has 1 N–H and O–H groups in total. The molecule has 3 aliphatic carbocycles.